The Morgan fingerprint density at radius 2 is 1.42 bits per heavy atom. The first-order chi connectivity index (χ1) is 5.52. The van der Waals surface area contributed by atoms with E-state index in [9.17, 15) is 9.59 Å². The highest BCUT2D eigenvalue weighted by atomic mass is 31.1. The van der Waals surface area contributed by atoms with Crippen molar-refractivity contribution in [2.24, 2.45) is 0 Å². The molecular weight excluding hydrogens is 179 g/mol. The molecule has 0 unspecified atom stereocenters. The van der Waals surface area contributed by atoms with E-state index >= 15 is 0 Å². The molecule has 0 aromatic heterocycles. The number of rotatable bonds is 4. The summed E-state index contributed by atoms with van der Waals surface area (Å²) in [5.41, 5.74) is 0. The normalized spacial score (nSPS) is 9.67. The minimum Gasteiger partial charge on any atom is -0.461 e. The molecule has 0 saturated carbocycles. The Morgan fingerprint density at radius 3 is 1.67 bits per heavy atom. The van der Waals surface area contributed by atoms with Crippen LogP contribution in [0.15, 0.2) is 0 Å². The Bertz CT molecular complexity index is 151. The molecule has 0 bridgehead atoms. The third-order valence-electron chi connectivity index (χ3n) is 0.976. The topological polar surface area (TPSA) is 52.6 Å². The van der Waals surface area contributed by atoms with E-state index in [-0.39, 0.29) is 11.9 Å². The monoisotopic (exact) mass is 192 g/mol. The number of esters is 2. The molecule has 4 nitrogen and oxygen atoms in total. The molecule has 0 heterocycles. The molecule has 0 spiro atoms. The summed E-state index contributed by atoms with van der Waals surface area (Å²) in [5, 5.41) is 0. The largest absolute Gasteiger partial charge is 0.461 e. The average molecular weight is 192 g/mol. The lowest BCUT2D eigenvalue weighted by Gasteiger charge is -2.10. The Hall–Kier alpha value is -0.630. The zero-order valence-corrected chi connectivity index (χ0v) is 8.39. The molecule has 0 aliphatic rings. The van der Waals surface area contributed by atoms with E-state index in [0.717, 1.165) is 0 Å². The SMILES string of the molecule is CC(=O)OCP(C)COC(C)=O. The molecule has 5 heteroatoms. The van der Waals surface area contributed by atoms with Crippen LogP contribution in [0.25, 0.3) is 0 Å². The predicted octanol–water partition coefficient (Wildman–Crippen LogP) is 1.14. The third-order valence-corrected chi connectivity index (χ3v) is 2.12. The van der Waals surface area contributed by atoms with Crippen LogP contribution in [-0.4, -0.2) is 31.3 Å². The van der Waals surface area contributed by atoms with E-state index in [0.29, 0.717) is 12.7 Å². The summed E-state index contributed by atoms with van der Waals surface area (Å²) in [4.78, 5) is 20.7. The van der Waals surface area contributed by atoms with Crippen molar-refractivity contribution in [2.75, 3.05) is 19.4 Å². The molecule has 0 aromatic carbocycles. The van der Waals surface area contributed by atoms with Crippen LogP contribution in [0.4, 0.5) is 0 Å². The van der Waals surface area contributed by atoms with Gasteiger partial charge in [0.1, 0.15) is 12.7 Å². The molecule has 12 heavy (non-hydrogen) atoms. The van der Waals surface area contributed by atoms with Gasteiger partial charge in [-0.05, 0) is 14.6 Å². The average Bonchev–Trinajstić information content (AvgIpc) is 1.96. The first-order valence-corrected chi connectivity index (χ1v) is 5.63. The minimum absolute atomic E-state index is 0.299. The Kier molecular flexibility index (Phi) is 5.64. The summed E-state index contributed by atoms with van der Waals surface area (Å²) in [6.45, 7) is 4.62. The van der Waals surface area contributed by atoms with E-state index in [1.165, 1.54) is 13.8 Å². The lowest BCUT2D eigenvalue weighted by atomic mass is 10.8. The zero-order valence-electron chi connectivity index (χ0n) is 7.49. The van der Waals surface area contributed by atoms with Crippen molar-refractivity contribution >= 4 is 19.9 Å². The summed E-state index contributed by atoms with van der Waals surface area (Å²) in [5.74, 6) is -0.598. The van der Waals surface area contributed by atoms with Gasteiger partial charge in [0, 0.05) is 13.8 Å². The number of carbonyl (C=O) groups excluding carboxylic acids is 2. The van der Waals surface area contributed by atoms with Crippen molar-refractivity contribution in [3.8, 4) is 0 Å². The molecule has 0 atom stereocenters. The predicted molar refractivity (Wildman–Crippen MR) is 46.1 cm³/mol. The van der Waals surface area contributed by atoms with E-state index in [1.807, 2.05) is 6.66 Å². The molecular formula is C7H13O4P. The molecule has 0 saturated heterocycles. The summed E-state index contributed by atoms with van der Waals surface area (Å²) < 4.78 is 9.47. The summed E-state index contributed by atoms with van der Waals surface area (Å²) >= 11 is 0. The molecule has 0 fully saturated rings. The summed E-state index contributed by atoms with van der Waals surface area (Å²) in [6.07, 6.45) is 0.718. The van der Waals surface area contributed by atoms with Gasteiger partial charge in [-0.15, -0.1) is 0 Å². The van der Waals surface area contributed by atoms with Crippen molar-refractivity contribution in [2.45, 2.75) is 13.8 Å². The van der Waals surface area contributed by atoms with Gasteiger partial charge in [-0.3, -0.25) is 9.59 Å². The van der Waals surface area contributed by atoms with E-state index in [1.54, 1.807) is 0 Å². The van der Waals surface area contributed by atoms with Gasteiger partial charge in [0.05, 0.1) is 0 Å². The highest BCUT2D eigenvalue weighted by molar-refractivity contribution is 7.56. The van der Waals surface area contributed by atoms with Crippen molar-refractivity contribution in [1.29, 1.82) is 0 Å². The number of hydrogen-bond acceptors (Lipinski definition) is 4. The van der Waals surface area contributed by atoms with E-state index in [2.05, 4.69) is 0 Å². The fourth-order valence-corrected chi connectivity index (χ4v) is 1.32. The van der Waals surface area contributed by atoms with Gasteiger partial charge in [-0.1, -0.05) is 0 Å². The maximum Gasteiger partial charge on any atom is 0.302 e. The molecule has 70 valence electrons. The van der Waals surface area contributed by atoms with Gasteiger partial charge in [0.2, 0.25) is 0 Å². The molecule has 0 aromatic rings. The van der Waals surface area contributed by atoms with E-state index in [4.69, 9.17) is 9.47 Å². The van der Waals surface area contributed by atoms with Gasteiger partial charge in [0.25, 0.3) is 0 Å². The van der Waals surface area contributed by atoms with Crippen LogP contribution in [0.1, 0.15) is 13.8 Å². The lowest BCUT2D eigenvalue weighted by molar-refractivity contribution is -0.138. The van der Waals surface area contributed by atoms with Crippen LogP contribution in [0.2, 0.25) is 0 Å². The summed E-state index contributed by atoms with van der Waals surface area (Å²) in [6, 6.07) is 0. The zero-order chi connectivity index (χ0) is 9.56. The second kappa shape index (κ2) is 5.95. The molecule has 0 radical (unpaired) electrons. The Labute approximate surface area is 73.0 Å². The van der Waals surface area contributed by atoms with Crippen molar-refractivity contribution in [1.82, 2.24) is 0 Å². The first-order valence-electron chi connectivity index (χ1n) is 3.47. The summed E-state index contributed by atoms with van der Waals surface area (Å²) in [7, 11) is -0.532. The van der Waals surface area contributed by atoms with Gasteiger partial charge in [0.15, 0.2) is 0 Å². The smallest absolute Gasteiger partial charge is 0.302 e. The van der Waals surface area contributed by atoms with Crippen molar-refractivity contribution in [3.05, 3.63) is 0 Å². The Morgan fingerprint density at radius 1 is 1.08 bits per heavy atom. The number of hydrogen-bond donors (Lipinski definition) is 0. The van der Waals surface area contributed by atoms with Crippen LogP contribution in [-0.2, 0) is 19.1 Å². The molecule has 0 rings (SSSR count). The molecule has 0 N–H and O–H groups in total. The number of ether oxygens (including phenoxy) is 2. The quantitative estimate of drug-likeness (QED) is 0.495. The third kappa shape index (κ3) is 7.48. The highest BCUT2D eigenvalue weighted by Gasteiger charge is 2.04. The van der Waals surface area contributed by atoms with Gasteiger partial charge < -0.3 is 9.47 Å². The van der Waals surface area contributed by atoms with Gasteiger partial charge in [-0.25, -0.2) is 0 Å². The Balaban J connectivity index is 3.39. The van der Waals surface area contributed by atoms with Gasteiger partial charge >= 0.3 is 11.9 Å². The van der Waals surface area contributed by atoms with Crippen LogP contribution >= 0.6 is 7.92 Å². The maximum absolute atomic E-state index is 10.4. The van der Waals surface area contributed by atoms with Crippen LogP contribution in [0.3, 0.4) is 0 Å². The lowest BCUT2D eigenvalue weighted by Crippen LogP contribution is -2.04. The number of carbonyl (C=O) groups is 2. The molecule has 0 aliphatic heterocycles. The van der Waals surface area contributed by atoms with Crippen LogP contribution < -0.4 is 0 Å². The molecule has 0 aliphatic carbocycles. The second-order valence-corrected chi connectivity index (χ2v) is 4.61. The highest BCUT2D eigenvalue weighted by Crippen LogP contribution is 2.29. The van der Waals surface area contributed by atoms with Gasteiger partial charge in [-0.2, -0.15) is 0 Å². The molecule has 0 amide bonds. The second-order valence-electron chi connectivity index (χ2n) is 2.39. The maximum atomic E-state index is 10.4. The van der Waals surface area contributed by atoms with E-state index < -0.39 is 7.92 Å². The standard InChI is InChI=1S/C7H13O4P/c1-6(8)10-4-12(3)5-11-7(2)9/h4-5H2,1-3H3. The fourth-order valence-electron chi connectivity index (χ4n) is 0.439. The van der Waals surface area contributed by atoms with Crippen LogP contribution in [0, 0.1) is 0 Å². The van der Waals surface area contributed by atoms with Crippen molar-refractivity contribution in [3.63, 3.8) is 0 Å². The van der Waals surface area contributed by atoms with Crippen molar-refractivity contribution < 1.29 is 19.1 Å². The minimum atomic E-state index is -0.532. The fraction of sp³-hybridized carbons (Fsp3) is 0.714. The van der Waals surface area contributed by atoms with Crippen LogP contribution in [0.5, 0.6) is 0 Å². The first kappa shape index (κ1) is 11.4.